The van der Waals surface area contributed by atoms with Gasteiger partial charge in [0.2, 0.25) is 0 Å². The van der Waals surface area contributed by atoms with Gasteiger partial charge in [0.25, 0.3) is 5.60 Å². The summed E-state index contributed by atoms with van der Waals surface area (Å²) in [5, 5.41) is 38.3. The second kappa shape index (κ2) is 5.33. The van der Waals surface area contributed by atoms with E-state index < -0.39 is 23.9 Å². The maximum atomic E-state index is 10.9. The van der Waals surface area contributed by atoms with Crippen molar-refractivity contribution >= 4 is 6.29 Å². The predicted octanol–water partition coefficient (Wildman–Crippen LogP) is -0.950. The van der Waals surface area contributed by atoms with Gasteiger partial charge in [-0.15, -0.1) is 0 Å². The van der Waals surface area contributed by atoms with E-state index in [1.54, 1.807) is 0 Å². The van der Waals surface area contributed by atoms with Crippen LogP contribution in [0.5, 0.6) is 0 Å². The third-order valence-corrected chi connectivity index (χ3v) is 2.48. The van der Waals surface area contributed by atoms with Crippen molar-refractivity contribution in [1.82, 2.24) is 0 Å². The SMILES string of the molecule is C[C@H](O)[C@H](O)[C@@H](O)[C@@](O)(C=O)c1cccc[o+]1. The first-order chi connectivity index (χ1) is 7.93. The van der Waals surface area contributed by atoms with E-state index >= 15 is 0 Å². The maximum Gasteiger partial charge on any atom is 0.370 e. The second-order valence-electron chi connectivity index (χ2n) is 3.79. The van der Waals surface area contributed by atoms with Crippen molar-refractivity contribution in [2.24, 2.45) is 0 Å². The fourth-order valence-electron chi connectivity index (χ4n) is 1.37. The highest BCUT2D eigenvalue weighted by Gasteiger charge is 2.50. The van der Waals surface area contributed by atoms with Crippen molar-refractivity contribution in [3.8, 4) is 0 Å². The summed E-state index contributed by atoms with van der Waals surface area (Å²) in [5.41, 5.74) is -2.41. The summed E-state index contributed by atoms with van der Waals surface area (Å²) in [4.78, 5) is 10.9. The van der Waals surface area contributed by atoms with E-state index in [0.29, 0.717) is 0 Å². The molecule has 0 aliphatic rings. The Morgan fingerprint density at radius 1 is 1.35 bits per heavy atom. The number of rotatable bonds is 5. The van der Waals surface area contributed by atoms with Crippen molar-refractivity contribution in [3.05, 3.63) is 30.2 Å². The smallest absolute Gasteiger partial charge is 0.370 e. The maximum absolute atomic E-state index is 10.9. The van der Waals surface area contributed by atoms with Crippen molar-refractivity contribution in [2.45, 2.75) is 30.8 Å². The van der Waals surface area contributed by atoms with Crippen LogP contribution in [0.3, 0.4) is 0 Å². The number of hydrogen-bond acceptors (Lipinski definition) is 5. The van der Waals surface area contributed by atoms with Gasteiger partial charge in [-0.2, -0.15) is 0 Å². The van der Waals surface area contributed by atoms with E-state index in [9.17, 15) is 20.1 Å². The molecule has 0 bridgehead atoms. The molecule has 1 aromatic heterocycles. The highest BCUT2D eigenvalue weighted by atomic mass is 16.4. The van der Waals surface area contributed by atoms with Gasteiger partial charge >= 0.3 is 12.0 Å². The summed E-state index contributed by atoms with van der Waals surface area (Å²) in [7, 11) is 0. The minimum absolute atomic E-state index is 0.0576. The topological polar surface area (TPSA) is 109 Å². The van der Waals surface area contributed by atoms with Gasteiger partial charge in [-0.3, -0.25) is 4.79 Å². The highest BCUT2D eigenvalue weighted by Crippen LogP contribution is 2.25. The molecule has 0 fully saturated rings. The fraction of sp³-hybridized carbons (Fsp3) is 0.455. The first-order valence-electron chi connectivity index (χ1n) is 5.03. The molecule has 4 N–H and O–H groups in total. The van der Waals surface area contributed by atoms with Crippen molar-refractivity contribution in [1.29, 1.82) is 0 Å². The third kappa shape index (κ3) is 2.67. The lowest BCUT2D eigenvalue weighted by molar-refractivity contribution is -0.167. The van der Waals surface area contributed by atoms with Gasteiger partial charge in [-0.25, -0.2) is 4.42 Å². The van der Waals surface area contributed by atoms with Crippen LogP contribution in [0.1, 0.15) is 12.7 Å². The Hall–Kier alpha value is -1.34. The molecule has 94 valence electrons. The van der Waals surface area contributed by atoms with Crippen LogP contribution in [-0.2, 0) is 10.4 Å². The molecule has 0 aromatic carbocycles. The van der Waals surface area contributed by atoms with Crippen LogP contribution < -0.4 is 0 Å². The largest absolute Gasteiger partial charge is 0.391 e. The molecule has 0 saturated carbocycles. The molecule has 4 atom stereocenters. The molecule has 6 heteroatoms. The molecule has 0 radical (unpaired) electrons. The second-order valence-corrected chi connectivity index (χ2v) is 3.79. The molecule has 6 nitrogen and oxygen atoms in total. The van der Waals surface area contributed by atoms with Crippen LogP contribution >= 0.6 is 0 Å². The summed E-state index contributed by atoms with van der Waals surface area (Å²) >= 11 is 0. The first-order valence-corrected chi connectivity index (χ1v) is 5.03. The minimum Gasteiger partial charge on any atom is -0.391 e. The normalized spacial score (nSPS) is 20.1. The van der Waals surface area contributed by atoms with E-state index in [4.69, 9.17) is 9.52 Å². The predicted molar refractivity (Wildman–Crippen MR) is 56.8 cm³/mol. The van der Waals surface area contributed by atoms with Crippen molar-refractivity contribution in [2.75, 3.05) is 0 Å². The van der Waals surface area contributed by atoms with Gasteiger partial charge in [0, 0.05) is 12.1 Å². The average molecular weight is 243 g/mol. The molecule has 0 aliphatic carbocycles. The van der Waals surface area contributed by atoms with E-state index in [0.717, 1.165) is 0 Å². The van der Waals surface area contributed by atoms with E-state index in [1.807, 2.05) is 0 Å². The summed E-state index contributed by atoms with van der Waals surface area (Å²) in [6.45, 7) is 1.22. The van der Waals surface area contributed by atoms with Gasteiger partial charge < -0.3 is 20.4 Å². The van der Waals surface area contributed by atoms with Gasteiger partial charge in [0.05, 0.1) is 6.10 Å². The summed E-state index contributed by atoms with van der Waals surface area (Å²) in [6, 6.07) is 4.30. The number of aliphatic hydroxyl groups excluding tert-OH is 3. The van der Waals surface area contributed by atoms with E-state index in [1.165, 1.54) is 31.4 Å². The van der Waals surface area contributed by atoms with Crippen LogP contribution in [0.4, 0.5) is 0 Å². The zero-order valence-electron chi connectivity index (χ0n) is 9.22. The van der Waals surface area contributed by atoms with Crippen molar-refractivity contribution < 1.29 is 29.6 Å². The Kier molecular flexibility index (Phi) is 4.30. The van der Waals surface area contributed by atoms with E-state index in [2.05, 4.69) is 0 Å². The standard InChI is InChI=1S/C11H15O6/c1-7(13)9(14)10(15)11(16,6-12)8-4-2-3-5-17-8/h2-7,9-10,13-16H,1H3/q+1/t7-,9-,10+,11+/m0/s1. The number of carbonyl (C=O) groups excluding carboxylic acids is 1. The fourth-order valence-corrected chi connectivity index (χ4v) is 1.37. The molecular formula is C11H15O6+. The molecule has 0 saturated heterocycles. The monoisotopic (exact) mass is 243 g/mol. The molecule has 0 aliphatic heterocycles. The lowest BCUT2D eigenvalue weighted by atomic mass is 9.89. The quantitative estimate of drug-likeness (QED) is 0.392. The number of carbonyl (C=O) groups is 1. The number of hydrogen-bond donors (Lipinski definition) is 4. The van der Waals surface area contributed by atoms with Gasteiger partial charge in [0.1, 0.15) is 12.2 Å². The van der Waals surface area contributed by atoms with Crippen LogP contribution in [0.15, 0.2) is 28.9 Å². The van der Waals surface area contributed by atoms with Crippen LogP contribution in [0.25, 0.3) is 0 Å². The first kappa shape index (κ1) is 13.7. The Morgan fingerprint density at radius 2 is 2.00 bits per heavy atom. The third-order valence-electron chi connectivity index (χ3n) is 2.48. The molecule has 1 heterocycles. The minimum atomic E-state index is -2.41. The Morgan fingerprint density at radius 3 is 2.41 bits per heavy atom. The van der Waals surface area contributed by atoms with Gasteiger partial charge in [-0.1, -0.05) is 0 Å². The van der Waals surface area contributed by atoms with Crippen LogP contribution in [0, 0.1) is 0 Å². The van der Waals surface area contributed by atoms with Crippen molar-refractivity contribution in [3.63, 3.8) is 0 Å². The summed E-state index contributed by atoms with van der Waals surface area (Å²) < 4.78 is 4.90. The van der Waals surface area contributed by atoms with Gasteiger partial charge in [0.15, 0.2) is 6.29 Å². The molecule has 1 rings (SSSR count). The zero-order chi connectivity index (χ0) is 13.1. The zero-order valence-corrected chi connectivity index (χ0v) is 9.22. The number of aliphatic hydroxyl groups is 4. The Labute approximate surface area is 97.8 Å². The van der Waals surface area contributed by atoms with Gasteiger partial charge in [-0.05, 0) is 13.0 Å². The lowest BCUT2D eigenvalue weighted by Gasteiger charge is -2.27. The number of aldehydes is 1. The molecule has 17 heavy (non-hydrogen) atoms. The molecule has 0 amide bonds. The van der Waals surface area contributed by atoms with Crippen LogP contribution in [0.2, 0.25) is 0 Å². The molecule has 0 unspecified atom stereocenters. The van der Waals surface area contributed by atoms with Crippen LogP contribution in [-0.4, -0.2) is 45.0 Å². The molecule has 0 spiro atoms. The molecule has 1 aromatic rings. The Balaban J connectivity index is 3.08. The summed E-state index contributed by atoms with van der Waals surface area (Å²) in [5.74, 6) is -0.220. The highest BCUT2D eigenvalue weighted by molar-refractivity contribution is 5.65. The Bertz CT molecular complexity index is 365. The molecular weight excluding hydrogens is 228 g/mol. The lowest BCUT2D eigenvalue weighted by Crippen LogP contribution is -2.51. The average Bonchev–Trinajstić information content (AvgIpc) is 2.36. The summed E-state index contributed by atoms with van der Waals surface area (Å²) in [6.07, 6.45) is -3.61. The van der Waals surface area contributed by atoms with E-state index in [-0.39, 0.29) is 12.0 Å².